The highest BCUT2D eigenvalue weighted by Crippen LogP contribution is 2.27. The molecule has 3 rings (SSSR count). The van der Waals surface area contributed by atoms with E-state index in [0.717, 1.165) is 23.2 Å². The van der Waals surface area contributed by atoms with Crippen molar-refractivity contribution in [3.05, 3.63) is 59.7 Å². The molecule has 2 aromatic rings. The van der Waals surface area contributed by atoms with Gasteiger partial charge in [0.05, 0.1) is 0 Å². The third-order valence-corrected chi connectivity index (χ3v) is 4.59. The first-order chi connectivity index (χ1) is 13.0. The summed E-state index contributed by atoms with van der Waals surface area (Å²) in [7, 11) is 0. The average Bonchev–Trinajstić information content (AvgIpc) is 2.66. The van der Waals surface area contributed by atoms with Gasteiger partial charge in [0.25, 0.3) is 0 Å². The Morgan fingerprint density at radius 2 is 1.85 bits per heavy atom. The second kappa shape index (κ2) is 8.49. The summed E-state index contributed by atoms with van der Waals surface area (Å²) in [5.41, 5.74) is 3.50. The molecule has 0 saturated carbocycles. The zero-order chi connectivity index (χ0) is 19.2. The highest BCUT2D eigenvalue weighted by atomic mass is 16.4. The lowest BCUT2D eigenvalue weighted by Crippen LogP contribution is -2.37. The van der Waals surface area contributed by atoms with Gasteiger partial charge in [-0.05, 0) is 42.2 Å². The van der Waals surface area contributed by atoms with Crippen molar-refractivity contribution in [2.75, 3.05) is 16.8 Å². The van der Waals surface area contributed by atoms with Crippen molar-refractivity contribution in [2.24, 2.45) is 0 Å². The summed E-state index contributed by atoms with van der Waals surface area (Å²) in [4.78, 5) is 36.9. The smallest absolute Gasteiger partial charge is 0.303 e. The van der Waals surface area contributed by atoms with Crippen LogP contribution in [0.2, 0.25) is 0 Å². The lowest BCUT2D eigenvalue weighted by atomic mass is 10.0. The van der Waals surface area contributed by atoms with Crippen LogP contribution in [0.1, 0.15) is 30.4 Å². The number of carboxylic acids is 1. The van der Waals surface area contributed by atoms with Crippen LogP contribution in [-0.4, -0.2) is 29.4 Å². The van der Waals surface area contributed by atoms with E-state index in [1.54, 1.807) is 23.1 Å². The number of benzene rings is 2. The molecule has 6 nitrogen and oxygen atoms in total. The SMILES string of the molecule is O=C(O)CCc1cccc(NC(=O)CCN2C(=O)CCc3ccccc32)c1. The van der Waals surface area contributed by atoms with Crippen molar-refractivity contribution in [1.29, 1.82) is 0 Å². The van der Waals surface area contributed by atoms with Gasteiger partial charge in [0.15, 0.2) is 0 Å². The fraction of sp³-hybridized carbons (Fsp3) is 0.286. The van der Waals surface area contributed by atoms with Gasteiger partial charge in [0.2, 0.25) is 11.8 Å². The van der Waals surface area contributed by atoms with Crippen molar-refractivity contribution < 1.29 is 19.5 Å². The Balaban J connectivity index is 1.58. The van der Waals surface area contributed by atoms with Gasteiger partial charge in [-0.25, -0.2) is 0 Å². The fourth-order valence-corrected chi connectivity index (χ4v) is 3.23. The predicted octanol–water partition coefficient (Wildman–Crippen LogP) is 3.01. The molecule has 0 aromatic heterocycles. The van der Waals surface area contributed by atoms with Crippen molar-refractivity contribution >= 4 is 29.2 Å². The van der Waals surface area contributed by atoms with E-state index in [1.807, 2.05) is 30.3 Å². The number of carbonyl (C=O) groups is 3. The van der Waals surface area contributed by atoms with Crippen LogP contribution < -0.4 is 10.2 Å². The first-order valence-corrected chi connectivity index (χ1v) is 9.02. The minimum Gasteiger partial charge on any atom is -0.481 e. The Hall–Kier alpha value is -3.15. The first-order valence-electron chi connectivity index (χ1n) is 9.02. The van der Waals surface area contributed by atoms with Gasteiger partial charge in [0, 0.05) is 37.2 Å². The Bertz CT molecular complexity index is 863. The van der Waals surface area contributed by atoms with Gasteiger partial charge >= 0.3 is 5.97 Å². The molecule has 6 heteroatoms. The minimum absolute atomic E-state index is 0.0390. The Morgan fingerprint density at radius 3 is 2.67 bits per heavy atom. The number of carbonyl (C=O) groups excluding carboxylic acids is 2. The Kier molecular flexibility index (Phi) is 5.86. The molecule has 2 amide bonds. The predicted molar refractivity (Wildman–Crippen MR) is 103 cm³/mol. The standard InChI is InChI=1S/C21H22N2O4/c24-19(22-17-6-3-4-15(14-17)8-11-21(26)27)12-13-23-18-7-2-1-5-16(18)9-10-20(23)25/h1-7,14H,8-13H2,(H,22,24)(H,26,27). The molecule has 0 spiro atoms. The number of aliphatic carboxylic acids is 1. The maximum atomic E-state index is 12.3. The van der Waals surface area contributed by atoms with Crippen LogP contribution >= 0.6 is 0 Å². The number of hydrogen-bond acceptors (Lipinski definition) is 3. The van der Waals surface area contributed by atoms with Gasteiger partial charge in [-0.1, -0.05) is 30.3 Å². The molecule has 27 heavy (non-hydrogen) atoms. The Morgan fingerprint density at radius 1 is 1.04 bits per heavy atom. The molecule has 0 unspecified atom stereocenters. The van der Waals surface area contributed by atoms with E-state index >= 15 is 0 Å². The molecule has 0 radical (unpaired) electrons. The number of hydrogen-bond donors (Lipinski definition) is 2. The van der Waals surface area contributed by atoms with Crippen molar-refractivity contribution in [3.8, 4) is 0 Å². The molecule has 1 aliphatic heterocycles. The third-order valence-electron chi connectivity index (χ3n) is 4.59. The summed E-state index contributed by atoms with van der Waals surface area (Å²) >= 11 is 0. The van der Waals surface area contributed by atoms with E-state index in [0.29, 0.717) is 25.1 Å². The number of nitrogens with one attached hydrogen (secondary N) is 1. The topological polar surface area (TPSA) is 86.7 Å². The van der Waals surface area contributed by atoms with E-state index < -0.39 is 5.97 Å². The van der Waals surface area contributed by atoms with Gasteiger partial charge in [-0.15, -0.1) is 0 Å². The number of nitrogens with zero attached hydrogens (tertiary/aromatic N) is 1. The molecule has 0 atom stereocenters. The lowest BCUT2D eigenvalue weighted by Gasteiger charge is -2.29. The second-order valence-electron chi connectivity index (χ2n) is 6.57. The zero-order valence-electron chi connectivity index (χ0n) is 15.0. The van der Waals surface area contributed by atoms with Gasteiger partial charge in [-0.2, -0.15) is 0 Å². The van der Waals surface area contributed by atoms with Crippen LogP contribution in [0.15, 0.2) is 48.5 Å². The number of anilines is 2. The molecule has 2 aromatic carbocycles. The van der Waals surface area contributed by atoms with E-state index in [9.17, 15) is 14.4 Å². The summed E-state index contributed by atoms with van der Waals surface area (Å²) in [6, 6.07) is 14.9. The van der Waals surface area contributed by atoms with E-state index in [2.05, 4.69) is 5.32 Å². The monoisotopic (exact) mass is 366 g/mol. The number of fused-ring (bicyclic) bond motifs is 1. The summed E-state index contributed by atoms with van der Waals surface area (Å²) in [6.45, 7) is 0.334. The molecule has 1 heterocycles. The molecule has 0 saturated heterocycles. The molecule has 140 valence electrons. The summed E-state index contributed by atoms with van der Waals surface area (Å²) in [6.07, 6.45) is 1.86. The number of rotatable bonds is 7. The quantitative estimate of drug-likeness (QED) is 0.789. The van der Waals surface area contributed by atoms with Crippen LogP contribution in [0.3, 0.4) is 0 Å². The number of carboxylic acid groups (broad SMARTS) is 1. The normalized spacial score (nSPS) is 13.2. The zero-order valence-corrected chi connectivity index (χ0v) is 15.0. The van der Waals surface area contributed by atoms with E-state index in [1.165, 1.54) is 0 Å². The Labute approximate surface area is 157 Å². The van der Waals surface area contributed by atoms with Crippen molar-refractivity contribution in [1.82, 2.24) is 0 Å². The van der Waals surface area contributed by atoms with Crippen molar-refractivity contribution in [3.63, 3.8) is 0 Å². The van der Waals surface area contributed by atoms with Gasteiger partial charge in [0.1, 0.15) is 0 Å². The van der Waals surface area contributed by atoms with Gasteiger partial charge in [-0.3, -0.25) is 14.4 Å². The molecule has 2 N–H and O–H groups in total. The molecular weight excluding hydrogens is 344 g/mol. The van der Waals surface area contributed by atoms with E-state index in [-0.39, 0.29) is 24.7 Å². The summed E-state index contributed by atoms with van der Waals surface area (Å²) < 4.78 is 0. The maximum Gasteiger partial charge on any atom is 0.303 e. The summed E-state index contributed by atoms with van der Waals surface area (Å²) in [5.74, 6) is -0.991. The number of aryl methyl sites for hydroxylation is 2. The largest absolute Gasteiger partial charge is 0.481 e. The second-order valence-corrected chi connectivity index (χ2v) is 6.57. The van der Waals surface area contributed by atoms with Crippen LogP contribution in [-0.2, 0) is 27.2 Å². The van der Waals surface area contributed by atoms with Crippen LogP contribution in [0.25, 0.3) is 0 Å². The van der Waals surface area contributed by atoms with E-state index in [4.69, 9.17) is 5.11 Å². The molecular formula is C21H22N2O4. The first kappa shape index (κ1) is 18.6. The molecule has 0 fully saturated rings. The fourth-order valence-electron chi connectivity index (χ4n) is 3.23. The number of amides is 2. The van der Waals surface area contributed by atoms with Crippen LogP contribution in [0.4, 0.5) is 11.4 Å². The average molecular weight is 366 g/mol. The number of para-hydroxylation sites is 1. The van der Waals surface area contributed by atoms with Crippen LogP contribution in [0, 0.1) is 0 Å². The molecule has 0 aliphatic carbocycles. The van der Waals surface area contributed by atoms with Gasteiger partial charge < -0.3 is 15.3 Å². The highest BCUT2D eigenvalue weighted by molar-refractivity contribution is 5.98. The molecule has 1 aliphatic rings. The summed E-state index contributed by atoms with van der Waals surface area (Å²) in [5, 5.41) is 11.6. The lowest BCUT2D eigenvalue weighted by molar-refractivity contribution is -0.137. The van der Waals surface area contributed by atoms with Crippen LogP contribution in [0.5, 0.6) is 0 Å². The highest BCUT2D eigenvalue weighted by Gasteiger charge is 2.23. The third kappa shape index (κ3) is 4.94. The van der Waals surface area contributed by atoms with Crippen molar-refractivity contribution in [2.45, 2.75) is 32.1 Å². The minimum atomic E-state index is -0.851. The maximum absolute atomic E-state index is 12.3. The molecule has 0 bridgehead atoms.